The highest BCUT2D eigenvalue weighted by Crippen LogP contribution is 2.21. The van der Waals surface area contributed by atoms with E-state index in [-0.39, 0.29) is 16.9 Å². The molecule has 0 saturated heterocycles. The van der Waals surface area contributed by atoms with Gasteiger partial charge in [-0.3, -0.25) is 4.79 Å². The van der Waals surface area contributed by atoms with Gasteiger partial charge in [-0.1, -0.05) is 30.3 Å². The number of fused-ring (bicyclic) bond motifs is 1. The van der Waals surface area contributed by atoms with Gasteiger partial charge in [0.2, 0.25) is 0 Å². The number of carbonyl (C=O) groups is 2. The Labute approximate surface area is 172 Å². The van der Waals surface area contributed by atoms with Crippen molar-refractivity contribution < 1.29 is 23.5 Å². The summed E-state index contributed by atoms with van der Waals surface area (Å²) in [5.74, 6) is -0.846. The van der Waals surface area contributed by atoms with E-state index in [1.165, 1.54) is 18.2 Å². The summed E-state index contributed by atoms with van der Waals surface area (Å²) in [6.45, 7) is 0.893. The molecule has 0 aliphatic carbocycles. The number of ether oxygens (including phenoxy) is 2. The molecule has 0 saturated carbocycles. The quantitative estimate of drug-likeness (QED) is 0.203. The first-order valence-electron chi connectivity index (χ1n) is 9.37. The van der Waals surface area contributed by atoms with Crippen LogP contribution in [0.3, 0.4) is 0 Å². The van der Waals surface area contributed by atoms with Gasteiger partial charge in [-0.2, -0.15) is 0 Å². The zero-order valence-corrected chi connectivity index (χ0v) is 16.4. The Hall–Kier alpha value is -3.71. The number of esters is 1. The zero-order valence-electron chi connectivity index (χ0n) is 16.4. The van der Waals surface area contributed by atoms with E-state index in [1.807, 2.05) is 30.3 Å². The number of rotatable bonds is 8. The summed E-state index contributed by atoms with van der Waals surface area (Å²) in [4.78, 5) is 36.4. The predicted octanol–water partition coefficient (Wildman–Crippen LogP) is 3.18. The third kappa shape index (κ3) is 5.65. The van der Waals surface area contributed by atoms with Crippen molar-refractivity contribution in [1.29, 1.82) is 0 Å². The van der Waals surface area contributed by atoms with E-state index in [0.29, 0.717) is 25.0 Å². The first-order chi connectivity index (χ1) is 14.6. The lowest BCUT2D eigenvalue weighted by Crippen LogP contribution is -2.29. The van der Waals surface area contributed by atoms with Crippen LogP contribution >= 0.6 is 0 Å². The van der Waals surface area contributed by atoms with E-state index in [2.05, 4.69) is 5.32 Å². The summed E-state index contributed by atoms with van der Waals surface area (Å²) in [7, 11) is 1.57. The molecular weight excluding hydrogens is 386 g/mol. The summed E-state index contributed by atoms with van der Waals surface area (Å²) >= 11 is 0. The van der Waals surface area contributed by atoms with E-state index in [4.69, 9.17) is 13.9 Å². The standard InChI is InChI=1S/C23H21NO6/c1-28-13-5-12-24-22(26)19-14-17-9-10-18(15-20(17)30-23(19)27)29-21(25)11-8-16-6-3-2-4-7-16/h2-4,6-11,14-15H,5,12-13H2,1H3,(H,24,26)/b11-8+. The van der Waals surface area contributed by atoms with Crippen LogP contribution in [0.1, 0.15) is 22.3 Å². The smallest absolute Gasteiger partial charge is 0.349 e. The molecule has 3 rings (SSSR count). The Morgan fingerprint density at radius 1 is 1.10 bits per heavy atom. The highest BCUT2D eigenvalue weighted by molar-refractivity contribution is 5.97. The number of hydrogen-bond acceptors (Lipinski definition) is 6. The molecule has 2 aromatic carbocycles. The summed E-state index contributed by atoms with van der Waals surface area (Å²) < 4.78 is 15.4. The Morgan fingerprint density at radius 2 is 1.90 bits per heavy atom. The van der Waals surface area contributed by atoms with Crippen molar-refractivity contribution in [1.82, 2.24) is 5.32 Å². The van der Waals surface area contributed by atoms with Crippen LogP contribution in [0.4, 0.5) is 0 Å². The van der Waals surface area contributed by atoms with Crippen molar-refractivity contribution in [3.05, 3.63) is 82.2 Å². The highest BCUT2D eigenvalue weighted by Gasteiger charge is 2.14. The lowest BCUT2D eigenvalue weighted by atomic mass is 10.1. The fourth-order valence-corrected chi connectivity index (χ4v) is 2.71. The molecule has 1 N–H and O–H groups in total. The van der Waals surface area contributed by atoms with Gasteiger partial charge in [-0.25, -0.2) is 9.59 Å². The van der Waals surface area contributed by atoms with Gasteiger partial charge in [-0.15, -0.1) is 0 Å². The van der Waals surface area contributed by atoms with Gasteiger partial charge in [0.1, 0.15) is 16.9 Å². The average molecular weight is 407 g/mol. The number of carbonyl (C=O) groups excluding carboxylic acids is 2. The number of amides is 1. The second-order valence-corrected chi connectivity index (χ2v) is 6.41. The number of benzene rings is 2. The molecule has 1 heterocycles. The summed E-state index contributed by atoms with van der Waals surface area (Å²) in [6.07, 6.45) is 3.59. The third-order valence-electron chi connectivity index (χ3n) is 4.19. The lowest BCUT2D eigenvalue weighted by Gasteiger charge is -2.06. The SMILES string of the molecule is COCCCNC(=O)c1cc2ccc(OC(=O)/C=C/c3ccccc3)cc2oc1=O. The van der Waals surface area contributed by atoms with Gasteiger partial charge in [-0.05, 0) is 36.3 Å². The Kier molecular flexibility index (Phi) is 7.13. The molecule has 0 radical (unpaired) electrons. The van der Waals surface area contributed by atoms with E-state index in [9.17, 15) is 14.4 Å². The van der Waals surface area contributed by atoms with Crippen LogP contribution in [-0.4, -0.2) is 32.1 Å². The maximum atomic E-state index is 12.2. The fourth-order valence-electron chi connectivity index (χ4n) is 2.71. The van der Waals surface area contributed by atoms with Crippen LogP contribution in [0.2, 0.25) is 0 Å². The molecule has 0 atom stereocenters. The van der Waals surface area contributed by atoms with Crippen LogP contribution in [0.15, 0.2) is 69.9 Å². The molecule has 7 heteroatoms. The molecule has 1 amide bonds. The zero-order chi connectivity index (χ0) is 21.3. The van der Waals surface area contributed by atoms with E-state index in [1.54, 1.807) is 25.3 Å². The Balaban J connectivity index is 1.70. The van der Waals surface area contributed by atoms with E-state index >= 15 is 0 Å². The van der Waals surface area contributed by atoms with Gasteiger partial charge >= 0.3 is 11.6 Å². The predicted molar refractivity (Wildman–Crippen MR) is 112 cm³/mol. The molecular formula is C23H21NO6. The number of hydrogen-bond donors (Lipinski definition) is 1. The van der Waals surface area contributed by atoms with Crippen molar-refractivity contribution >= 4 is 28.9 Å². The fraction of sp³-hybridized carbons (Fsp3) is 0.174. The summed E-state index contributed by atoms with van der Waals surface area (Å²) in [5.41, 5.74) is 0.231. The molecule has 0 spiro atoms. The number of nitrogens with one attached hydrogen (secondary N) is 1. The largest absolute Gasteiger partial charge is 0.423 e. The number of methoxy groups -OCH3 is 1. The van der Waals surface area contributed by atoms with E-state index in [0.717, 1.165) is 5.56 Å². The van der Waals surface area contributed by atoms with Crippen molar-refractivity contribution in [3.63, 3.8) is 0 Å². The van der Waals surface area contributed by atoms with Crippen LogP contribution in [0.25, 0.3) is 17.0 Å². The van der Waals surface area contributed by atoms with Crippen molar-refractivity contribution in [3.8, 4) is 5.75 Å². The van der Waals surface area contributed by atoms with Gasteiger partial charge in [0.15, 0.2) is 0 Å². The highest BCUT2D eigenvalue weighted by atomic mass is 16.5. The van der Waals surface area contributed by atoms with Gasteiger partial charge < -0.3 is 19.2 Å². The lowest BCUT2D eigenvalue weighted by molar-refractivity contribution is -0.128. The van der Waals surface area contributed by atoms with Crippen LogP contribution < -0.4 is 15.7 Å². The first kappa shape index (κ1) is 21.0. The van der Waals surface area contributed by atoms with Crippen LogP contribution in [0, 0.1) is 0 Å². The van der Waals surface area contributed by atoms with Crippen LogP contribution in [0.5, 0.6) is 5.75 Å². The monoisotopic (exact) mass is 407 g/mol. The molecule has 3 aromatic rings. The first-order valence-corrected chi connectivity index (χ1v) is 9.37. The third-order valence-corrected chi connectivity index (χ3v) is 4.19. The summed E-state index contributed by atoms with van der Waals surface area (Å²) in [6, 6.07) is 15.4. The summed E-state index contributed by atoms with van der Waals surface area (Å²) in [5, 5.41) is 3.19. The second-order valence-electron chi connectivity index (χ2n) is 6.41. The van der Waals surface area contributed by atoms with Gasteiger partial charge in [0.25, 0.3) is 5.91 Å². The molecule has 1 aromatic heterocycles. The second kappa shape index (κ2) is 10.2. The maximum absolute atomic E-state index is 12.2. The molecule has 7 nitrogen and oxygen atoms in total. The molecule has 0 unspecified atom stereocenters. The molecule has 0 fully saturated rings. The van der Waals surface area contributed by atoms with Gasteiger partial charge in [0.05, 0.1) is 0 Å². The Bertz CT molecular complexity index is 1120. The minimum atomic E-state index is -0.765. The molecule has 154 valence electrons. The molecule has 30 heavy (non-hydrogen) atoms. The maximum Gasteiger partial charge on any atom is 0.349 e. The normalized spacial score (nSPS) is 11.0. The van der Waals surface area contributed by atoms with Crippen LogP contribution in [-0.2, 0) is 9.53 Å². The minimum absolute atomic E-state index is 0.0875. The van der Waals surface area contributed by atoms with Crippen molar-refractivity contribution in [2.75, 3.05) is 20.3 Å². The Morgan fingerprint density at radius 3 is 2.67 bits per heavy atom. The minimum Gasteiger partial charge on any atom is -0.423 e. The average Bonchev–Trinajstić information content (AvgIpc) is 2.75. The molecule has 0 aliphatic rings. The molecule has 0 bridgehead atoms. The van der Waals surface area contributed by atoms with Crippen molar-refractivity contribution in [2.45, 2.75) is 6.42 Å². The van der Waals surface area contributed by atoms with Gasteiger partial charge in [0, 0.05) is 37.8 Å². The topological polar surface area (TPSA) is 94.8 Å². The van der Waals surface area contributed by atoms with E-state index < -0.39 is 17.5 Å². The molecule has 0 aliphatic heterocycles. The van der Waals surface area contributed by atoms with Crippen molar-refractivity contribution in [2.24, 2.45) is 0 Å².